The molecule has 1 saturated heterocycles. The van der Waals surface area contributed by atoms with E-state index in [1.165, 1.54) is 12.1 Å². The van der Waals surface area contributed by atoms with Crippen LogP contribution in [0.2, 0.25) is 0 Å². The Morgan fingerprint density at radius 1 is 1.19 bits per heavy atom. The maximum absolute atomic E-state index is 14.1. The van der Waals surface area contributed by atoms with Crippen LogP contribution in [0.25, 0.3) is 0 Å². The summed E-state index contributed by atoms with van der Waals surface area (Å²) in [6, 6.07) is 3.46. The fourth-order valence-electron chi connectivity index (χ4n) is 3.93. The van der Waals surface area contributed by atoms with E-state index in [1.807, 2.05) is 0 Å². The van der Waals surface area contributed by atoms with Gasteiger partial charge in [-0.25, -0.2) is 22.9 Å². The minimum absolute atomic E-state index is 0.0292. The van der Waals surface area contributed by atoms with Crippen molar-refractivity contribution in [1.82, 2.24) is 4.98 Å². The number of hydrogen-bond acceptors (Lipinski definition) is 6. The molecular formula is C21H19F3N4O3. The molecular weight excluding hydrogens is 413 g/mol. The molecule has 162 valence electrons. The van der Waals surface area contributed by atoms with E-state index in [0.29, 0.717) is 43.7 Å². The third-order valence-electron chi connectivity index (χ3n) is 5.65. The first-order chi connectivity index (χ1) is 14.9. The largest absolute Gasteiger partial charge is 0.491 e. The van der Waals surface area contributed by atoms with Gasteiger partial charge in [0, 0.05) is 31.1 Å². The number of halogens is 3. The second-order valence-electron chi connectivity index (χ2n) is 7.61. The van der Waals surface area contributed by atoms with Gasteiger partial charge < -0.3 is 15.0 Å². The van der Waals surface area contributed by atoms with Crippen LogP contribution >= 0.6 is 0 Å². The van der Waals surface area contributed by atoms with Crippen molar-refractivity contribution in [3.63, 3.8) is 0 Å². The lowest BCUT2D eigenvalue weighted by atomic mass is 9.89. The molecule has 31 heavy (non-hydrogen) atoms. The van der Waals surface area contributed by atoms with E-state index in [0.717, 1.165) is 12.3 Å². The number of ether oxygens (including phenoxy) is 1. The molecule has 0 unspecified atom stereocenters. The topological polar surface area (TPSA) is 83.9 Å². The number of nitrogens with zero attached hydrogens (tertiary/aromatic N) is 3. The molecule has 0 radical (unpaired) electrons. The predicted molar refractivity (Wildman–Crippen MR) is 105 cm³/mol. The maximum Gasteiger partial charge on any atom is 0.235 e. The van der Waals surface area contributed by atoms with E-state index in [1.54, 1.807) is 11.0 Å². The number of pyridine rings is 1. The molecule has 2 aliphatic rings. The van der Waals surface area contributed by atoms with Crippen molar-refractivity contribution < 1.29 is 27.5 Å². The number of anilines is 2. The molecule has 1 aromatic carbocycles. The van der Waals surface area contributed by atoms with Crippen molar-refractivity contribution in [1.29, 1.82) is 0 Å². The van der Waals surface area contributed by atoms with Crippen LogP contribution < -0.4 is 15.0 Å². The van der Waals surface area contributed by atoms with Gasteiger partial charge in [0.2, 0.25) is 12.0 Å². The van der Waals surface area contributed by atoms with Crippen LogP contribution in [0.5, 0.6) is 5.75 Å². The molecule has 0 aliphatic carbocycles. The highest BCUT2D eigenvalue weighted by Gasteiger charge is 2.37. The monoisotopic (exact) mass is 432 g/mol. The summed E-state index contributed by atoms with van der Waals surface area (Å²) in [5.74, 6) is -1.88. The Morgan fingerprint density at radius 2 is 1.97 bits per heavy atom. The zero-order valence-corrected chi connectivity index (χ0v) is 16.5. The molecule has 2 aliphatic heterocycles. The first-order valence-corrected chi connectivity index (χ1v) is 9.80. The number of piperidine rings is 1. The summed E-state index contributed by atoms with van der Waals surface area (Å²) < 4.78 is 47.2. The molecule has 0 spiro atoms. The SMILES string of the molecule is O=C=NC1(COc2ccc(F)c3c2CCC(=O)N3)CCN(c2ncc(F)cc2F)CC1. The number of carbonyl (C=O) groups is 1. The van der Waals surface area contributed by atoms with Gasteiger partial charge in [0.1, 0.15) is 29.5 Å². The highest BCUT2D eigenvalue weighted by molar-refractivity contribution is 5.94. The second kappa shape index (κ2) is 8.39. The third kappa shape index (κ3) is 4.25. The molecule has 7 nitrogen and oxygen atoms in total. The van der Waals surface area contributed by atoms with Crippen molar-refractivity contribution >= 4 is 23.5 Å². The second-order valence-corrected chi connectivity index (χ2v) is 7.61. The zero-order chi connectivity index (χ0) is 22.0. The lowest BCUT2D eigenvalue weighted by Gasteiger charge is -2.38. The summed E-state index contributed by atoms with van der Waals surface area (Å²) in [5, 5.41) is 2.52. The minimum Gasteiger partial charge on any atom is -0.491 e. The Balaban J connectivity index is 1.49. The van der Waals surface area contributed by atoms with Gasteiger partial charge in [-0.1, -0.05) is 0 Å². The molecule has 2 aromatic rings. The lowest BCUT2D eigenvalue weighted by molar-refractivity contribution is -0.116. The molecule has 10 heteroatoms. The van der Waals surface area contributed by atoms with Gasteiger partial charge in [-0.05, 0) is 31.4 Å². The Kier molecular flexibility index (Phi) is 5.65. The number of rotatable bonds is 5. The number of nitrogens with one attached hydrogen (secondary N) is 1. The molecule has 1 fully saturated rings. The Morgan fingerprint density at radius 3 is 2.68 bits per heavy atom. The number of isocyanates is 1. The van der Waals surface area contributed by atoms with Gasteiger partial charge in [-0.15, -0.1) is 0 Å². The number of aromatic nitrogens is 1. The number of hydrogen-bond donors (Lipinski definition) is 1. The molecule has 4 rings (SSSR count). The summed E-state index contributed by atoms with van der Waals surface area (Å²) in [4.78, 5) is 32.1. The van der Waals surface area contributed by atoms with Crippen LogP contribution in [0.1, 0.15) is 24.8 Å². The van der Waals surface area contributed by atoms with E-state index < -0.39 is 23.0 Å². The Bertz CT molecular complexity index is 1060. The molecule has 1 amide bonds. The highest BCUT2D eigenvalue weighted by Crippen LogP contribution is 2.36. The predicted octanol–water partition coefficient (Wildman–Crippen LogP) is 3.14. The maximum atomic E-state index is 14.1. The van der Waals surface area contributed by atoms with Gasteiger partial charge in [0.05, 0.1) is 11.9 Å². The smallest absolute Gasteiger partial charge is 0.235 e. The summed E-state index contributed by atoms with van der Waals surface area (Å²) in [6.07, 6.45) is 3.78. The standard InChI is InChI=1S/C21H19F3N4O3/c22-13-9-16(24)20(25-10-13)28-7-5-21(6-8-28,26-12-29)11-31-17-3-2-15(23)19-14(17)1-4-18(30)27-19/h2-3,9-10H,1,4-8,11H2,(H,27,30). The number of amides is 1. The third-order valence-corrected chi connectivity index (χ3v) is 5.65. The summed E-state index contributed by atoms with van der Waals surface area (Å²) in [5.41, 5.74) is -0.234. The van der Waals surface area contributed by atoms with Crippen molar-refractivity contribution in [2.24, 2.45) is 4.99 Å². The quantitative estimate of drug-likeness (QED) is 0.580. The molecule has 0 bridgehead atoms. The Hall–Kier alpha value is -3.39. The van der Waals surface area contributed by atoms with E-state index in [4.69, 9.17) is 4.74 Å². The van der Waals surface area contributed by atoms with Gasteiger partial charge in [0.15, 0.2) is 11.6 Å². The highest BCUT2D eigenvalue weighted by atomic mass is 19.1. The van der Waals surface area contributed by atoms with E-state index >= 15 is 0 Å². The normalized spacial score (nSPS) is 17.4. The van der Waals surface area contributed by atoms with Crippen molar-refractivity contribution in [2.75, 3.05) is 29.9 Å². The first-order valence-electron chi connectivity index (χ1n) is 9.80. The van der Waals surface area contributed by atoms with Crippen molar-refractivity contribution in [3.8, 4) is 5.75 Å². The molecule has 3 heterocycles. The molecule has 0 saturated carbocycles. The van der Waals surface area contributed by atoms with Crippen LogP contribution in [0, 0.1) is 17.5 Å². The van der Waals surface area contributed by atoms with Gasteiger partial charge in [-0.3, -0.25) is 4.79 Å². The minimum atomic E-state index is -0.895. The van der Waals surface area contributed by atoms with E-state index in [9.17, 15) is 22.8 Å². The first kappa shape index (κ1) is 20.9. The average molecular weight is 432 g/mol. The van der Waals surface area contributed by atoms with Crippen LogP contribution in [-0.4, -0.2) is 42.2 Å². The van der Waals surface area contributed by atoms with Crippen LogP contribution in [-0.2, 0) is 16.0 Å². The molecule has 0 atom stereocenters. The average Bonchev–Trinajstić information content (AvgIpc) is 2.75. The van der Waals surface area contributed by atoms with E-state index in [2.05, 4.69) is 15.3 Å². The number of carbonyl (C=O) groups excluding carboxylic acids is 2. The van der Waals surface area contributed by atoms with Crippen LogP contribution in [0.4, 0.5) is 24.7 Å². The summed E-state index contributed by atoms with van der Waals surface area (Å²) >= 11 is 0. The zero-order valence-electron chi connectivity index (χ0n) is 16.5. The van der Waals surface area contributed by atoms with Gasteiger partial charge in [0.25, 0.3) is 0 Å². The number of fused-ring (bicyclic) bond motifs is 1. The lowest BCUT2D eigenvalue weighted by Crippen LogP contribution is -2.47. The van der Waals surface area contributed by atoms with Crippen LogP contribution in [0.3, 0.4) is 0 Å². The number of aliphatic imine (C=N–C) groups is 1. The number of benzene rings is 1. The summed E-state index contributed by atoms with van der Waals surface area (Å²) in [6.45, 7) is 0.671. The summed E-state index contributed by atoms with van der Waals surface area (Å²) in [7, 11) is 0. The van der Waals surface area contributed by atoms with E-state index in [-0.39, 0.29) is 30.4 Å². The molecule has 1 N–H and O–H groups in total. The van der Waals surface area contributed by atoms with Crippen LogP contribution in [0.15, 0.2) is 29.4 Å². The van der Waals surface area contributed by atoms with Crippen molar-refractivity contribution in [3.05, 3.63) is 47.4 Å². The Labute approximate surface area is 175 Å². The van der Waals surface area contributed by atoms with Gasteiger partial charge in [-0.2, -0.15) is 4.99 Å². The fourth-order valence-corrected chi connectivity index (χ4v) is 3.93. The van der Waals surface area contributed by atoms with Gasteiger partial charge >= 0.3 is 0 Å². The van der Waals surface area contributed by atoms with Crippen molar-refractivity contribution in [2.45, 2.75) is 31.2 Å². The molecule has 1 aromatic heterocycles. The fraction of sp³-hybridized carbons (Fsp3) is 0.381.